The average Bonchev–Trinajstić information content (AvgIpc) is 2.45. The highest BCUT2D eigenvalue weighted by molar-refractivity contribution is 8.13. The van der Waals surface area contributed by atoms with E-state index in [0.717, 1.165) is 11.8 Å². The highest BCUT2D eigenvalue weighted by atomic mass is 32.2. The number of rotatable bonds is 8. The number of aliphatic hydroxyl groups is 2. The van der Waals surface area contributed by atoms with E-state index in [4.69, 9.17) is 0 Å². The molecule has 23 heavy (non-hydrogen) atoms. The Balaban J connectivity index is 2.56. The lowest BCUT2D eigenvalue weighted by molar-refractivity contribution is -0.124. The van der Waals surface area contributed by atoms with E-state index < -0.39 is 18.1 Å². The summed E-state index contributed by atoms with van der Waals surface area (Å²) in [5, 5.41) is 22.5. The summed E-state index contributed by atoms with van der Waals surface area (Å²) in [7, 11) is 0. The van der Waals surface area contributed by atoms with Gasteiger partial charge in [-0.2, -0.15) is 0 Å². The van der Waals surface area contributed by atoms with Gasteiger partial charge in [0.2, 0.25) is 5.91 Å². The van der Waals surface area contributed by atoms with E-state index in [9.17, 15) is 24.6 Å². The zero-order valence-electron chi connectivity index (χ0n) is 13.1. The first kappa shape index (κ1) is 19.3. The van der Waals surface area contributed by atoms with Crippen LogP contribution in [0.15, 0.2) is 24.3 Å². The predicted octanol–water partition coefficient (Wildman–Crippen LogP) is 1.67. The highest BCUT2D eigenvalue weighted by Crippen LogP contribution is 2.22. The molecule has 2 atom stereocenters. The van der Waals surface area contributed by atoms with Gasteiger partial charge < -0.3 is 15.5 Å². The molecule has 7 heteroatoms. The van der Waals surface area contributed by atoms with Crippen molar-refractivity contribution in [3.63, 3.8) is 0 Å². The number of benzene rings is 1. The van der Waals surface area contributed by atoms with Crippen LogP contribution in [0.1, 0.15) is 38.4 Å². The standard InChI is InChI=1S/C16H21NO5S/c1-10(18)9-15(21)17-13-5-3-12(4-6-13)16(22)14(20)7-8-23-11(2)19/h3-6,14,16,20,22H,7-9H2,1-2H3,(H,17,21). The van der Waals surface area contributed by atoms with Crippen molar-refractivity contribution < 1.29 is 24.6 Å². The van der Waals surface area contributed by atoms with Crippen LogP contribution < -0.4 is 5.32 Å². The van der Waals surface area contributed by atoms with Crippen molar-refractivity contribution in [1.29, 1.82) is 0 Å². The van der Waals surface area contributed by atoms with Crippen molar-refractivity contribution in [1.82, 2.24) is 0 Å². The summed E-state index contributed by atoms with van der Waals surface area (Å²) < 4.78 is 0. The maximum Gasteiger partial charge on any atom is 0.231 e. The van der Waals surface area contributed by atoms with Crippen LogP contribution in [0.4, 0.5) is 5.69 Å². The molecule has 0 aromatic heterocycles. The third kappa shape index (κ3) is 7.40. The largest absolute Gasteiger partial charge is 0.390 e. The lowest BCUT2D eigenvalue weighted by Gasteiger charge is -2.18. The Bertz CT molecular complexity index is 558. The molecule has 1 rings (SSSR count). The van der Waals surface area contributed by atoms with Crippen molar-refractivity contribution in [3.05, 3.63) is 29.8 Å². The lowest BCUT2D eigenvalue weighted by Crippen LogP contribution is -2.19. The first-order chi connectivity index (χ1) is 10.8. The molecule has 6 nitrogen and oxygen atoms in total. The highest BCUT2D eigenvalue weighted by Gasteiger charge is 2.18. The summed E-state index contributed by atoms with van der Waals surface area (Å²) in [5.74, 6) is -0.180. The molecule has 126 valence electrons. The molecule has 0 radical (unpaired) electrons. The number of carbonyl (C=O) groups is 3. The Morgan fingerprint density at radius 3 is 2.26 bits per heavy atom. The third-order valence-electron chi connectivity index (χ3n) is 3.03. The van der Waals surface area contributed by atoms with Gasteiger partial charge in [0, 0.05) is 18.4 Å². The molecule has 3 N–H and O–H groups in total. The Kier molecular flexibility index (Phi) is 7.94. The normalized spacial score (nSPS) is 13.2. The molecule has 1 amide bonds. The molecule has 0 saturated heterocycles. The van der Waals surface area contributed by atoms with E-state index in [2.05, 4.69) is 5.32 Å². The zero-order valence-corrected chi connectivity index (χ0v) is 13.9. The number of carbonyl (C=O) groups excluding carboxylic acids is 3. The third-order valence-corrected chi connectivity index (χ3v) is 3.88. The van der Waals surface area contributed by atoms with Gasteiger partial charge in [-0.3, -0.25) is 14.4 Å². The maximum absolute atomic E-state index is 11.5. The number of hydrogen-bond acceptors (Lipinski definition) is 6. The van der Waals surface area contributed by atoms with E-state index in [-0.39, 0.29) is 17.3 Å². The van der Waals surface area contributed by atoms with Crippen LogP contribution in [0, 0.1) is 0 Å². The van der Waals surface area contributed by atoms with Gasteiger partial charge in [-0.1, -0.05) is 23.9 Å². The number of aliphatic hydroxyl groups excluding tert-OH is 2. The van der Waals surface area contributed by atoms with Gasteiger partial charge in [0.15, 0.2) is 5.12 Å². The summed E-state index contributed by atoms with van der Waals surface area (Å²) in [6.07, 6.45) is -1.93. The number of hydrogen-bond donors (Lipinski definition) is 3. The molecule has 0 aliphatic heterocycles. The number of ketones is 1. The number of nitrogens with one attached hydrogen (secondary N) is 1. The second-order valence-corrected chi connectivity index (χ2v) is 6.46. The van der Waals surface area contributed by atoms with Gasteiger partial charge in [0.1, 0.15) is 11.9 Å². The minimum absolute atomic E-state index is 0.0302. The minimum atomic E-state index is -1.07. The average molecular weight is 339 g/mol. The molecule has 0 aliphatic carbocycles. The zero-order chi connectivity index (χ0) is 17.4. The Labute approximate surface area is 139 Å². The molecule has 0 bridgehead atoms. The predicted molar refractivity (Wildman–Crippen MR) is 89.1 cm³/mol. The molecule has 0 heterocycles. The second kappa shape index (κ2) is 9.44. The Hall–Kier alpha value is -1.70. The summed E-state index contributed by atoms with van der Waals surface area (Å²) in [6, 6.07) is 6.37. The smallest absolute Gasteiger partial charge is 0.231 e. The van der Waals surface area contributed by atoms with E-state index in [0.29, 0.717) is 23.4 Å². The van der Waals surface area contributed by atoms with Crippen LogP contribution >= 0.6 is 11.8 Å². The summed E-state index contributed by atoms with van der Waals surface area (Å²) in [5.41, 5.74) is 1.02. The van der Waals surface area contributed by atoms with E-state index in [1.807, 2.05) is 0 Å². The van der Waals surface area contributed by atoms with E-state index >= 15 is 0 Å². The second-order valence-electron chi connectivity index (χ2n) is 5.19. The van der Waals surface area contributed by atoms with E-state index in [1.165, 1.54) is 13.8 Å². The van der Waals surface area contributed by atoms with Gasteiger partial charge in [0.25, 0.3) is 0 Å². The fourth-order valence-corrected chi connectivity index (χ4v) is 2.55. The van der Waals surface area contributed by atoms with Crippen LogP contribution in [-0.4, -0.2) is 38.9 Å². The van der Waals surface area contributed by atoms with Crippen LogP contribution in [0.5, 0.6) is 0 Å². The number of Topliss-reactive ketones (excluding diaryl/α,β-unsaturated/α-hetero) is 1. The quantitative estimate of drug-likeness (QED) is 0.623. The van der Waals surface area contributed by atoms with Gasteiger partial charge in [-0.05, 0) is 31.0 Å². The van der Waals surface area contributed by atoms with Crippen molar-refractivity contribution >= 4 is 34.3 Å². The molecule has 0 aliphatic rings. The first-order valence-electron chi connectivity index (χ1n) is 7.18. The van der Waals surface area contributed by atoms with Crippen LogP contribution in [0.3, 0.4) is 0 Å². The van der Waals surface area contributed by atoms with Gasteiger partial charge >= 0.3 is 0 Å². The van der Waals surface area contributed by atoms with Crippen molar-refractivity contribution in [2.45, 2.75) is 38.9 Å². The monoisotopic (exact) mass is 339 g/mol. The molecular weight excluding hydrogens is 318 g/mol. The Morgan fingerprint density at radius 2 is 1.74 bits per heavy atom. The number of amides is 1. The molecular formula is C16H21NO5S. The SMILES string of the molecule is CC(=O)CC(=O)Nc1ccc(C(O)C(O)CCSC(C)=O)cc1. The summed E-state index contributed by atoms with van der Waals surface area (Å²) in [6.45, 7) is 2.79. The summed E-state index contributed by atoms with van der Waals surface area (Å²) >= 11 is 1.10. The van der Waals surface area contributed by atoms with Crippen molar-refractivity contribution in [2.75, 3.05) is 11.1 Å². The van der Waals surface area contributed by atoms with Crippen LogP contribution in [-0.2, 0) is 14.4 Å². The molecule has 2 unspecified atom stereocenters. The molecule has 0 saturated carbocycles. The van der Waals surface area contributed by atoms with Gasteiger partial charge in [-0.25, -0.2) is 0 Å². The lowest BCUT2D eigenvalue weighted by atomic mass is 10.0. The number of anilines is 1. The summed E-state index contributed by atoms with van der Waals surface area (Å²) in [4.78, 5) is 33.1. The molecule has 1 aromatic carbocycles. The number of thioether (sulfide) groups is 1. The molecule has 0 fully saturated rings. The fourth-order valence-electron chi connectivity index (χ4n) is 1.90. The molecule has 0 spiro atoms. The van der Waals surface area contributed by atoms with Crippen LogP contribution in [0.25, 0.3) is 0 Å². The van der Waals surface area contributed by atoms with Gasteiger partial charge in [-0.15, -0.1) is 0 Å². The topological polar surface area (TPSA) is 104 Å². The Morgan fingerprint density at radius 1 is 1.13 bits per heavy atom. The van der Waals surface area contributed by atoms with Gasteiger partial charge in [0.05, 0.1) is 12.5 Å². The molecule has 1 aromatic rings. The van der Waals surface area contributed by atoms with Crippen molar-refractivity contribution in [2.24, 2.45) is 0 Å². The first-order valence-corrected chi connectivity index (χ1v) is 8.17. The van der Waals surface area contributed by atoms with E-state index in [1.54, 1.807) is 24.3 Å². The fraction of sp³-hybridized carbons (Fsp3) is 0.438. The van der Waals surface area contributed by atoms with Crippen molar-refractivity contribution in [3.8, 4) is 0 Å². The maximum atomic E-state index is 11.5. The van der Waals surface area contributed by atoms with Crippen LogP contribution in [0.2, 0.25) is 0 Å². The minimum Gasteiger partial charge on any atom is -0.390 e.